The van der Waals surface area contributed by atoms with Gasteiger partial charge in [0.15, 0.2) is 37.9 Å². The van der Waals surface area contributed by atoms with E-state index >= 15 is 0 Å². The van der Waals surface area contributed by atoms with E-state index in [0.29, 0.717) is 0 Å². The predicted molar refractivity (Wildman–Crippen MR) is 113 cm³/mol. The second-order valence-electron chi connectivity index (χ2n) is 7.50. The summed E-state index contributed by atoms with van der Waals surface area (Å²) >= 11 is 0. The van der Waals surface area contributed by atoms with Crippen LogP contribution >= 0.6 is 0 Å². The van der Waals surface area contributed by atoms with Crippen LogP contribution in [0.25, 0.3) is 11.1 Å². The Morgan fingerprint density at radius 1 is 0.536 bits per heavy atom. The van der Waals surface area contributed by atoms with Gasteiger partial charge in [-0.2, -0.15) is 0 Å². The summed E-state index contributed by atoms with van der Waals surface area (Å²) in [6, 6.07) is 26.1. The van der Waals surface area contributed by atoms with Gasteiger partial charge in [0.1, 0.15) is 0 Å². The second kappa shape index (κ2) is 8.18. The minimum atomic E-state index is 0.896. The topological polar surface area (TPSA) is 7.76 Å². The van der Waals surface area contributed by atoms with Gasteiger partial charge in [-0.1, -0.05) is 47.5 Å². The van der Waals surface area contributed by atoms with E-state index in [1.165, 1.54) is 33.4 Å². The van der Waals surface area contributed by atoms with Crippen LogP contribution in [0.2, 0.25) is 0 Å². The number of aromatic nitrogens is 2. The third-order valence-corrected chi connectivity index (χ3v) is 5.01. The van der Waals surface area contributed by atoms with Crippen LogP contribution in [0.15, 0.2) is 97.6 Å². The Balaban J connectivity index is 1.45. The van der Waals surface area contributed by atoms with E-state index in [1.807, 2.05) is 0 Å². The van der Waals surface area contributed by atoms with Crippen molar-refractivity contribution >= 4 is 0 Å². The van der Waals surface area contributed by atoms with Crippen LogP contribution in [-0.2, 0) is 13.1 Å². The number of aryl methyl sites for hydroxylation is 2. The van der Waals surface area contributed by atoms with Gasteiger partial charge in [0.2, 0.25) is 0 Å². The average Bonchev–Trinajstić information content (AvgIpc) is 2.69. The molecule has 2 aromatic heterocycles. The molecule has 0 saturated heterocycles. The van der Waals surface area contributed by atoms with E-state index in [9.17, 15) is 0 Å². The molecule has 2 heteroatoms. The molecule has 2 nitrogen and oxygen atoms in total. The monoisotopic (exact) mass is 366 g/mol. The summed E-state index contributed by atoms with van der Waals surface area (Å²) in [6.45, 7) is 6.07. The first-order valence-electron chi connectivity index (χ1n) is 9.75. The van der Waals surface area contributed by atoms with Crippen LogP contribution in [-0.4, -0.2) is 0 Å². The average molecular weight is 367 g/mol. The van der Waals surface area contributed by atoms with E-state index in [4.69, 9.17) is 0 Å². The molecule has 2 aromatic carbocycles. The van der Waals surface area contributed by atoms with Crippen molar-refractivity contribution in [1.82, 2.24) is 0 Å². The van der Waals surface area contributed by atoms with Gasteiger partial charge in [0.05, 0.1) is 0 Å². The Kier molecular flexibility index (Phi) is 5.29. The molecule has 0 fully saturated rings. The summed E-state index contributed by atoms with van der Waals surface area (Å²) in [4.78, 5) is 0. The largest absolute Gasteiger partial charge is 0.201 e. The van der Waals surface area contributed by atoms with Crippen LogP contribution in [0.3, 0.4) is 0 Å². The van der Waals surface area contributed by atoms with E-state index < -0.39 is 0 Å². The number of benzene rings is 2. The summed E-state index contributed by atoms with van der Waals surface area (Å²) < 4.78 is 4.44. The number of hydrogen-bond acceptors (Lipinski definition) is 0. The second-order valence-corrected chi connectivity index (χ2v) is 7.50. The highest BCUT2D eigenvalue weighted by molar-refractivity contribution is 5.60. The van der Waals surface area contributed by atoms with Crippen molar-refractivity contribution in [3.05, 3.63) is 120 Å². The molecular formula is C26H26N2+2. The molecule has 0 saturated carbocycles. The van der Waals surface area contributed by atoms with Gasteiger partial charge < -0.3 is 0 Å². The lowest BCUT2D eigenvalue weighted by Gasteiger charge is -2.03. The maximum Gasteiger partial charge on any atom is 0.173 e. The van der Waals surface area contributed by atoms with Crippen molar-refractivity contribution in [3.63, 3.8) is 0 Å². The lowest BCUT2D eigenvalue weighted by Crippen LogP contribution is -2.33. The van der Waals surface area contributed by atoms with Crippen LogP contribution in [0.1, 0.15) is 22.3 Å². The zero-order valence-corrected chi connectivity index (χ0v) is 16.5. The highest BCUT2D eigenvalue weighted by Gasteiger charge is 2.07. The van der Waals surface area contributed by atoms with E-state index in [-0.39, 0.29) is 0 Å². The van der Waals surface area contributed by atoms with Crippen molar-refractivity contribution in [2.24, 2.45) is 0 Å². The third kappa shape index (κ3) is 4.52. The van der Waals surface area contributed by atoms with Crippen molar-refractivity contribution in [2.45, 2.75) is 26.9 Å². The van der Waals surface area contributed by atoms with E-state index in [2.05, 4.69) is 121 Å². The van der Waals surface area contributed by atoms with Gasteiger partial charge in [-0.15, -0.1) is 0 Å². The molecule has 0 amide bonds. The Bertz CT molecular complexity index is 975. The van der Waals surface area contributed by atoms with Gasteiger partial charge >= 0.3 is 0 Å². The molecule has 0 aliphatic carbocycles. The van der Waals surface area contributed by atoms with Gasteiger partial charge in [-0.25, -0.2) is 9.13 Å². The molecule has 2 heterocycles. The summed E-state index contributed by atoms with van der Waals surface area (Å²) in [5.74, 6) is 0. The maximum atomic E-state index is 2.24. The predicted octanol–water partition coefficient (Wildman–Crippen LogP) is 4.64. The highest BCUT2D eigenvalue weighted by atomic mass is 14.9. The quantitative estimate of drug-likeness (QED) is 0.455. The Labute approximate surface area is 167 Å². The number of rotatable bonds is 5. The summed E-state index contributed by atoms with van der Waals surface area (Å²) in [5, 5.41) is 0. The fourth-order valence-electron chi connectivity index (χ4n) is 3.55. The van der Waals surface area contributed by atoms with E-state index in [1.54, 1.807) is 0 Å². The van der Waals surface area contributed by atoms with Crippen LogP contribution in [0, 0.1) is 13.8 Å². The Morgan fingerprint density at radius 3 is 1.29 bits per heavy atom. The molecule has 138 valence electrons. The summed E-state index contributed by atoms with van der Waals surface area (Å²) in [6.07, 6.45) is 8.63. The van der Waals surface area contributed by atoms with E-state index in [0.717, 1.165) is 13.1 Å². The standard InChI is InChI=1S/C26H26N2/c1-21-5-3-7-23(17-21)19-27-13-9-25(10-14-27)26-11-15-28(16-12-26)20-24-8-4-6-22(2)18-24/h3-18H,19-20H2,1-2H3/q+2. The molecule has 0 unspecified atom stereocenters. The minimum absolute atomic E-state index is 0.896. The molecule has 0 radical (unpaired) electrons. The number of nitrogens with zero attached hydrogens (tertiary/aromatic N) is 2. The lowest BCUT2D eigenvalue weighted by molar-refractivity contribution is -0.688. The van der Waals surface area contributed by atoms with Crippen molar-refractivity contribution < 1.29 is 9.13 Å². The molecule has 0 aliphatic rings. The molecular weight excluding hydrogens is 340 g/mol. The highest BCUT2D eigenvalue weighted by Crippen LogP contribution is 2.16. The van der Waals surface area contributed by atoms with Crippen molar-refractivity contribution in [2.75, 3.05) is 0 Å². The molecule has 0 spiro atoms. The number of hydrogen-bond donors (Lipinski definition) is 0. The molecule has 0 bridgehead atoms. The van der Waals surface area contributed by atoms with Crippen LogP contribution in [0.5, 0.6) is 0 Å². The third-order valence-electron chi connectivity index (χ3n) is 5.01. The van der Waals surface area contributed by atoms with Crippen LogP contribution in [0.4, 0.5) is 0 Å². The Morgan fingerprint density at radius 2 is 0.929 bits per heavy atom. The minimum Gasteiger partial charge on any atom is -0.201 e. The fraction of sp³-hybridized carbons (Fsp3) is 0.154. The fourth-order valence-corrected chi connectivity index (χ4v) is 3.55. The first-order chi connectivity index (χ1) is 13.7. The zero-order chi connectivity index (χ0) is 19.3. The molecule has 28 heavy (non-hydrogen) atoms. The molecule has 0 atom stereocenters. The normalized spacial score (nSPS) is 10.8. The smallest absolute Gasteiger partial charge is 0.173 e. The first-order valence-corrected chi connectivity index (χ1v) is 9.75. The lowest BCUT2D eigenvalue weighted by atomic mass is 10.1. The molecule has 4 rings (SSSR count). The van der Waals surface area contributed by atoms with Gasteiger partial charge in [0.25, 0.3) is 0 Å². The molecule has 4 aromatic rings. The zero-order valence-electron chi connectivity index (χ0n) is 16.5. The SMILES string of the molecule is Cc1cccc(C[n+]2ccc(-c3cc[n+](Cc4cccc(C)c4)cc3)cc2)c1. The van der Waals surface area contributed by atoms with Crippen molar-refractivity contribution in [3.8, 4) is 11.1 Å². The Hall–Kier alpha value is -3.26. The molecule has 0 aliphatic heterocycles. The number of pyridine rings is 2. The van der Waals surface area contributed by atoms with Gasteiger partial charge in [-0.05, 0) is 37.1 Å². The summed E-state index contributed by atoms with van der Waals surface area (Å²) in [7, 11) is 0. The maximum absolute atomic E-state index is 2.24. The molecule has 0 N–H and O–H groups in total. The van der Waals surface area contributed by atoms with Crippen molar-refractivity contribution in [1.29, 1.82) is 0 Å². The van der Waals surface area contributed by atoms with Crippen LogP contribution < -0.4 is 9.13 Å². The van der Waals surface area contributed by atoms with Gasteiger partial charge in [-0.3, -0.25) is 0 Å². The summed E-state index contributed by atoms with van der Waals surface area (Å²) in [5.41, 5.74) is 7.74. The van der Waals surface area contributed by atoms with Gasteiger partial charge in [0, 0.05) is 35.4 Å². The first kappa shape index (κ1) is 18.1.